The fourth-order valence-electron chi connectivity index (χ4n) is 2.18. The van der Waals surface area contributed by atoms with Crippen molar-refractivity contribution in [1.29, 1.82) is 0 Å². The minimum Gasteiger partial charge on any atom is -0.322 e. The third-order valence-corrected chi connectivity index (χ3v) is 4.53. The highest BCUT2D eigenvalue weighted by Gasteiger charge is 2.20. The molecule has 0 aliphatic rings. The number of amides is 1. The first-order valence-corrected chi connectivity index (χ1v) is 8.23. The minimum atomic E-state index is -0.855. The molecule has 0 spiro atoms. The molecule has 27 heavy (non-hydrogen) atoms. The van der Waals surface area contributed by atoms with Gasteiger partial charge in [-0.2, -0.15) is 0 Å². The first-order chi connectivity index (χ1) is 12.8. The van der Waals surface area contributed by atoms with Crippen LogP contribution in [0.2, 0.25) is 0 Å². The van der Waals surface area contributed by atoms with E-state index in [0.717, 1.165) is 30.0 Å². The predicted molar refractivity (Wildman–Crippen MR) is 92.5 cm³/mol. The number of carbonyl (C=O) groups is 1. The second kappa shape index (κ2) is 7.50. The van der Waals surface area contributed by atoms with Crippen LogP contribution in [-0.4, -0.2) is 25.6 Å². The maximum atomic E-state index is 13.2. The summed E-state index contributed by atoms with van der Waals surface area (Å²) in [6, 6.07) is 6.40. The fourth-order valence-corrected chi connectivity index (χ4v) is 3.03. The molecule has 0 saturated heterocycles. The Kier molecular flexibility index (Phi) is 5.12. The molecular formula is C16H11F2N5O3S. The summed E-state index contributed by atoms with van der Waals surface area (Å²) in [7, 11) is 1.69. The zero-order chi connectivity index (χ0) is 19.6. The lowest BCUT2D eigenvalue weighted by atomic mass is 10.2. The Morgan fingerprint density at radius 2 is 1.93 bits per heavy atom. The van der Waals surface area contributed by atoms with Gasteiger partial charge in [-0.1, -0.05) is 0 Å². The maximum Gasteiger partial charge on any atom is 0.284 e. The zero-order valence-electron chi connectivity index (χ0n) is 13.7. The molecule has 1 aromatic heterocycles. The molecule has 1 N–H and O–H groups in total. The van der Waals surface area contributed by atoms with Crippen molar-refractivity contribution in [2.24, 2.45) is 7.05 Å². The Labute approximate surface area is 155 Å². The number of carbonyl (C=O) groups excluding carboxylic acids is 1. The molecule has 1 heterocycles. The maximum absolute atomic E-state index is 13.2. The van der Waals surface area contributed by atoms with Crippen molar-refractivity contribution in [3.05, 3.63) is 70.0 Å². The Morgan fingerprint density at radius 3 is 2.52 bits per heavy atom. The van der Waals surface area contributed by atoms with Crippen LogP contribution in [0.15, 0.2) is 52.8 Å². The van der Waals surface area contributed by atoms with Crippen molar-refractivity contribution >= 4 is 29.0 Å². The Morgan fingerprint density at radius 1 is 1.22 bits per heavy atom. The van der Waals surface area contributed by atoms with Crippen molar-refractivity contribution in [3.63, 3.8) is 0 Å². The van der Waals surface area contributed by atoms with Gasteiger partial charge in [-0.15, -0.1) is 10.2 Å². The number of nitrogens with one attached hydrogen (secondary N) is 1. The molecule has 11 heteroatoms. The molecule has 0 aliphatic heterocycles. The molecule has 0 bridgehead atoms. The number of hydrogen-bond acceptors (Lipinski definition) is 6. The normalized spacial score (nSPS) is 10.6. The van der Waals surface area contributed by atoms with E-state index in [2.05, 4.69) is 15.5 Å². The number of nitrogens with zero attached hydrogens (tertiary/aromatic N) is 4. The van der Waals surface area contributed by atoms with Gasteiger partial charge in [0.2, 0.25) is 0 Å². The molecule has 3 aromatic rings. The molecule has 8 nitrogen and oxygen atoms in total. The van der Waals surface area contributed by atoms with Gasteiger partial charge in [0.05, 0.1) is 9.82 Å². The molecule has 3 rings (SSSR count). The van der Waals surface area contributed by atoms with Crippen LogP contribution in [0.4, 0.5) is 20.2 Å². The van der Waals surface area contributed by atoms with Gasteiger partial charge >= 0.3 is 0 Å². The summed E-state index contributed by atoms with van der Waals surface area (Å²) in [5.41, 5.74) is -0.438. The van der Waals surface area contributed by atoms with Crippen LogP contribution in [0.3, 0.4) is 0 Å². The summed E-state index contributed by atoms with van der Waals surface area (Å²) in [5.74, 6) is -2.45. The van der Waals surface area contributed by atoms with Crippen LogP contribution in [0, 0.1) is 21.7 Å². The average Bonchev–Trinajstić information content (AvgIpc) is 2.99. The van der Waals surface area contributed by atoms with Gasteiger partial charge in [0.25, 0.3) is 11.6 Å². The highest BCUT2D eigenvalue weighted by atomic mass is 32.2. The van der Waals surface area contributed by atoms with Crippen LogP contribution in [0.5, 0.6) is 0 Å². The number of rotatable bonds is 5. The van der Waals surface area contributed by atoms with Crippen molar-refractivity contribution in [1.82, 2.24) is 14.8 Å². The van der Waals surface area contributed by atoms with E-state index in [4.69, 9.17) is 0 Å². The SMILES string of the molecule is Cn1cnnc1Sc1ccc(C(=O)Nc2cc(F)cc(F)c2)cc1[N+](=O)[O-]. The lowest BCUT2D eigenvalue weighted by Gasteiger charge is -2.07. The van der Waals surface area contributed by atoms with E-state index in [1.54, 1.807) is 11.6 Å². The molecule has 138 valence electrons. The molecule has 0 fully saturated rings. The number of benzene rings is 2. The molecule has 0 atom stereocenters. The summed E-state index contributed by atoms with van der Waals surface area (Å²) in [6.45, 7) is 0. The number of aryl methyl sites for hydroxylation is 1. The van der Waals surface area contributed by atoms with E-state index < -0.39 is 22.5 Å². The van der Waals surface area contributed by atoms with Gasteiger partial charge in [-0.3, -0.25) is 14.9 Å². The van der Waals surface area contributed by atoms with Crippen molar-refractivity contribution < 1.29 is 18.5 Å². The van der Waals surface area contributed by atoms with Gasteiger partial charge in [0.15, 0.2) is 5.16 Å². The fraction of sp³-hybridized carbons (Fsp3) is 0.0625. The predicted octanol–water partition coefficient (Wildman–Crippen LogP) is 3.41. The molecule has 0 unspecified atom stereocenters. The van der Waals surface area contributed by atoms with Gasteiger partial charge in [-0.05, 0) is 36.0 Å². The van der Waals surface area contributed by atoms with E-state index in [0.29, 0.717) is 11.2 Å². The van der Waals surface area contributed by atoms with E-state index >= 15 is 0 Å². The number of hydrogen-bond donors (Lipinski definition) is 1. The lowest BCUT2D eigenvalue weighted by molar-refractivity contribution is -0.387. The Balaban J connectivity index is 1.87. The van der Waals surface area contributed by atoms with Crippen LogP contribution in [0.1, 0.15) is 10.4 Å². The number of nitro groups is 1. The molecule has 0 saturated carbocycles. The third kappa shape index (κ3) is 4.26. The van der Waals surface area contributed by atoms with Crippen LogP contribution in [-0.2, 0) is 7.05 Å². The van der Waals surface area contributed by atoms with Crippen LogP contribution >= 0.6 is 11.8 Å². The molecule has 1 amide bonds. The Bertz CT molecular complexity index is 1020. The standard InChI is InChI=1S/C16H11F2N5O3S/c1-22-8-19-21-16(22)27-14-3-2-9(4-13(14)23(25)26)15(24)20-12-6-10(17)5-11(18)7-12/h2-8H,1H3,(H,20,24). The first kappa shape index (κ1) is 18.5. The largest absolute Gasteiger partial charge is 0.322 e. The third-order valence-electron chi connectivity index (χ3n) is 3.41. The molecular weight excluding hydrogens is 380 g/mol. The number of anilines is 1. The minimum absolute atomic E-state index is 0.0336. The summed E-state index contributed by atoms with van der Waals surface area (Å²) < 4.78 is 28.0. The first-order valence-electron chi connectivity index (χ1n) is 7.41. The van der Waals surface area contributed by atoms with E-state index in [1.807, 2.05) is 0 Å². The summed E-state index contributed by atoms with van der Waals surface area (Å²) >= 11 is 1.02. The second-order valence-corrected chi connectivity index (χ2v) is 6.39. The van der Waals surface area contributed by atoms with Crippen molar-refractivity contribution in [2.45, 2.75) is 10.1 Å². The Hall–Kier alpha value is -3.34. The lowest BCUT2D eigenvalue weighted by Crippen LogP contribution is -2.12. The number of halogens is 2. The monoisotopic (exact) mass is 391 g/mol. The topological polar surface area (TPSA) is 103 Å². The average molecular weight is 391 g/mol. The molecule has 0 radical (unpaired) electrons. The van der Waals surface area contributed by atoms with Crippen LogP contribution < -0.4 is 5.32 Å². The van der Waals surface area contributed by atoms with Gasteiger partial charge in [0, 0.05) is 30.4 Å². The summed E-state index contributed by atoms with van der Waals surface area (Å²) in [6.07, 6.45) is 1.45. The van der Waals surface area contributed by atoms with Gasteiger partial charge < -0.3 is 9.88 Å². The van der Waals surface area contributed by atoms with E-state index in [1.165, 1.54) is 18.5 Å². The van der Waals surface area contributed by atoms with Gasteiger partial charge in [0.1, 0.15) is 18.0 Å². The quantitative estimate of drug-likeness (QED) is 0.528. The highest BCUT2D eigenvalue weighted by molar-refractivity contribution is 7.99. The highest BCUT2D eigenvalue weighted by Crippen LogP contribution is 2.34. The summed E-state index contributed by atoms with van der Waals surface area (Å²) in [4.78, 5) is 23.3. The summed E-state index contributed by atoms with van der Waals surface area (Å²) in [5, 5.41) is 21.7. The van der Waals surface area contributed by atoms with Crippen molar-refractivity contribution in [3.8, 4) is 0 Å². The van der Waals surface area contributed by atoms with E-state index in [-0.39, 0.29) is 21.8 Å². The second-order valence-electron chi connectivity index (χ2n) is 5.38. The number of aromatic nitrogens is 3. The molecule has 2 aromatic carbocycles. The van der Waals surface area contributed by atoms with Gasteiger partial charge in [-0.25, -0.2) is 8.78 Å². The van der Waals surface area contributed by atoms with Crippen LogP contribution in [0.25, 0.3) is 0 Å². The van der Waals surface area contributed by atoms with Crippen molar-refractivity contribution in [2.75, 3.05) is 5.32 Å². The number of nitro benzene ring substituents is 1. The molecule has 0 aliphatic carbocycles. The van der Waals surface area contributed by atoms with E-state index in [9.17, 15) is 23.7 Å². The zero-order valence-corrected chi connectivity index (χ0v) is 14.5. The smallest absolute Gasteiger partial charge is 0.284 e.